The lowest BCUT2D eigenvalue weighted by Crippen LogP contribution is -2.07. The normalized spacial score (nSPS) is 11.0. The summed E-state index contributed by atoms with van der Waals surface area (Å²) in [5, 5.41) is 2.53. The van der Waals surface area contributed by atoms with Crippen molar-refractivity contribution in [3.8, 4) is 5.75 Å². The molecule has 0 saturated carbocycles. The zero-order chi connectivity index (χ0) is 16.4. The molecule has 0 aliphatic rings. The minimum atomic E-state index is 0.573. The monoisotopic (exact) mass is 315 g/mol. The summed E-state index contributed by atoms with van der Waals surface area (Å²) in [6.07, 6.45) is 0.835. The molecule has 4 aromatic rings. The SMILES string of the molecule is O=Cc1ccc(OCCn2c3ccccc3c3ccccc32)cc1. The minimum Gasteiger partial charge on any atom is -0.492 e. The Morgan fingerprint density at radius 2 is 1.38 bits per heavy atom. The highest BCUT2D eigenvalue weighted by atomic mass is 16.5. The second-order valence-electron chi connectivity index (χ2n) is 5.72. The van der Waals surface area contributed by atoms with Gasteiger partial charge >= 0.3 is 0 Å². The molecule has 4 rings (SSSR count). The van der Waals surface area contributed by atoms with E-state index >= 15 is 0 Å². The maximum Gasteiger partial charge on any atom is 0.150 e. The fraction of sp³-hybridized carbons (Fsp3) is 0.0952. The van der Waals surface area contributed by atoms with Gasteiger partial charge in [0.2, 0.25) is 0 Å². The van der Waals surface area contributed by atoms with Gasteiger partial charge in [0.1, 0.15) is 18.6 Å². The average Bonchev–Trinajstić information content (AvgIpc) is 2.97. The van der Waals surface area contributed by atoms with Crippen LogP contribution in [0, 0.1) is 0 Å². The summed E-state index contributed by atoms with van der Waals surface area (Å²) in [4.78, 5) is 10.7. The number of fused-ring (bicyclic) bond motifs is 3. The topological polar surface area (TPSA) is 31.2 Å². The third kappa shape index (κ3) is 2.54. The van der Waals surface area contributed by atoms with E-state index in [0.29, 0.717) is 12.2 Å². The first-order valence-electron chi connectivity index (χ1n) is 8.01. The van der Waals surface area contributed by atoms with Gasteiger partial charge in [-0.15, -0.1) is 0 Å². The van der Waals surface area contributed by atoms with Gasteiger partial charge in [-0.05, 0) is 36.4 Å². The van der Waals surface area contributed by atoms with Crippen molar-refractivity contribution in [1.29, 1.82) is 0 Å². The first-order valence-corrected chi connectivity index (χ1v) is 8.01. The summed E-state index contributed by atoms with van der Waals surface area (Å²) in [7, 11) is 0. The molecule has 0 bridgehead atoms. The van der Waals surface area contributed by atoms with Crippen molar-refractivity contribution in [1.82, 2.24) is 4.57 Å². The number of rotatable bonds is 5. The Hall–Kier alpha value is -3.07. The molecule has 0 aliphatic heterocycles. The van der Waals surface area contributed by atoms with Crippen LogP contribution in [0.2, 0.25) is 0 Å². The van der Waals surface area contributed by atoms with Crippen LogP contribution in [0.25, 0.3) is 21.8 Å². The Bertz CT molecular complexity index is 946. The van der Waals surface area contributed by atoms with Crippen LogP contribution in [0.4, 0.5) is 0 Å². The molecule has 0 fully saturated rings. The number of carbonyl (C=O) groups excluding carboxylic acids is 1. The quantitative estimate of drug-likeness (QED) is 0.500. The number of aldehydes is 1. The maximum atomic E-state index is 10.7. The van der Waals surface area contributed by atoms with E-state index in [2.05, 4.69) is 53.1 Å². The van der Waals surface area contributed by atoms with Gasteiger partial charge in [0.25, 0.3) is 0 Å². The fourth-order valence-corrected chi connectivity index (χ4v) is 3.14. The summed E-state index contributed by atoms with van der Waals surface area (Å²) < 4.78 is 8.14. The van der Waals surface area contributed by atoms with Gasteiger partial charge in [-0.1, -0.05) is 36.4 Å². The molecule has 0 radical (unpaired) electrons. The number of benzene rings is 3. The smallest absolute Gasteiger partial charge is 0.150 e. The third-order valence-corrected chi connectivity index (χ3v) is 4.28. The van der Waals surface area contributed by atoms with Gasteiger partial charge in [0, 0.05) is 27.4 Å². The molecule has 24 heavy (non-hydrogen) atoms. The molecule has 0 aliphatic carbocycles. The first kappa shape index (κ1) is 14.5. The second kappa shape index (κ2) is 6.20. The van der Waals surface area contributed by atoms with E-state index < -0.39 is 0 Å². The number of aromatic nitrogens is 1. The summed E-state index contributed by atoms with van der Waals surface area (Å²) in [6, 6.07) is 24.1. The number of hydrogen-bond acceptors (Lipinski definition) is 2. The predicted molar refractivity (Wildman–Crippen MR) is 96.8 cm³/mol. The van der Waals surface area contributed by atoms with E-state index in [0.717, 1.165) is 18.6 Å². The standard InChI is InChI=1S/C21H17NO2/c23-15-16-9-11-17(12-10-16)24-14-13-22-20-7-3-1-5-18(20)19-6-2-4-8-21(19)22/h1-12,15H,13-14H2. The molecule has 0 N–H and O–H groups in total. The van der Waals surface area contributed by atoms with Crippen LogP contribution < -0.4 is 4.74 Å². The van der Waals surface area contributed by atoms with Crippen molar-refractivity contribution < 1.29 is 9.53 Å². The summed E-state index contributed by atoms with van der Waals surface area (Å²) >= 11 is 0. The molecule has 0 atom stereocenters. The highest BCUT2D eigenvalue weighted by molar-refractivity contribution is 6.07. The third-order valence-electron chi connectivity index (χ3n) is 4.28. The molecule has 118 valence electrons. The van der Waals surface area contributed by atoms with Crippen LogP contribution in [-0.2, 0) is 6.54 Å². The Morgan fingerprint density at radius 3 is 1.96 bits per heavy atom. The van der Waals surface area contributed by atoms with Crippen molar-refractivity contribution in [2.75, 3.05) is 6.61 Å². The zero-order valence-electron chi connectivity index (χ0n) is 13.2. The lowest BCUT2D eigenvalue weighted by Gasteiger charge is -2.09. The van der Waals surface area contributed by atoms with Gasteiger partial charge in [0.15, 0.2) is 0 Å². The molecule has 0 unspecified atom stereocenters. The minimum absolute atomic E-state index is 0.573. The number of ether oxygens (including phenoxy) is 1. The van der Waals surface area contributed by atoms with Gasteiger partial charge in [-0.2, -0.15) is 0 Å². The van der Waals surface area contributed by atoms with Gasteiger partial charge in [-0.3, -0.25) is 4.79 Å². The Kier molecular flexibility index (Phi) is 3.75. The van der Waals surface area contributed by atoms with Gasteiger partial charge in [0.05, 0.1) is 6.54 Å². The molecule has 0 saturated heterocycles. The van der Waals surface area contributed by atoms with Crippen LogP contribution in [0.5, 0.6) is 5.75 Å². The molecule has 1 heterocycles. The van der Waals surface area contributed by atoms with Crippen molar-refractivity contribution in [3.05, 3.63) is 78.4 Å². The molecule has 0 amide bonds. The lowest BCUT2D eigenvalue weighted by molar-refractivity contribution is 0.112. The average molecular weight is 315 g/mol. The number of para-hydroxylation sites is 2. The molecule has 3 nitrogen and oxygen atoms in total. The van der Waals surface area contributed by atoms with Gasteiger partial charge < -0.3 is 9.30 Å². The van der Waals surface area contributed by atoms with Crippen molar-refractivity contribution in [2.24, 2.45) is 0 Å². The summed E-state index contributed by atoms with van der Waals surface area (Å²) in [5.74, 6) is 0.779. The number of carbonyl (C=O) groups is 1. The van der Waals surface area contributed by atoms with Crippen LogP contribution in [0.3, 0.4) is 0 Å². The predicted octanol–water partition coefficient (Wildman–Crippen LogP) is 4.69. The van der Waals surface area contributed by atoms with E-state index in [1.165, 1.54) is 21.8 Å². The van der Waals surface area contributed by atoms with E-state index in [1.54, 1.807) is 12.1 Å². The lowest BCUT2D eigenvalue weighted by atomic mass is 10.2. The Balaban J connectivity index is 1.60. The molecule has 3 heteroatoms. The maximum absolute atomic E-state index is 10.7. The van der Waals surface area contributed by atoms with E-state index in [1.807, 2.05) is 12.1 Å². The first-order chi connectivity index (χ1) is 11.9. The van der Waals surface area contributed by atoms with E-state index in [9.17, 15) is 4.79 Å². The molecule has 3 aromatic carbocycles. The van der Waals surface area contributed by atoms with Crippen LogP contribution in [0.15, 0.2) is 72.8 Å². The van der Waals surface area contributed by atoms with Crippen molar-refractivity contribution >= 4 is 28.1 Å². The highest BCUT2D eigenvalue weighted by Crippen LogP contribution is 2.28. The van der Waals surface area contributed by atoms with Crippen LogP contribution in [-0.4, -0.2) is 17.5 Å². The van der Waals surface area contributed by atoms with Gasteiger partial charge in [-0.25, -0.2) is 0 Å². The Labute approximate surface area is 140 Å². The summed E-state index contributed by atoms with van der Waals surface area (Å²) in [6.45, 7) is 1.34. The van der Waals surface area contributed by atoms with E-state index in [4.69, 9.17) is 4.74 Å². The summed E-state index contributed by atoms with van der Waals surface area (Å²) in [5.41, 5.74) is 3.10. The van der Waals surface area contributed by atoms with Crippen molar-refractivity contribution in [2.45, 2.75) is 6.54 Å². The number of hydrogen-bond donors (Lipinski definition) is 0. The van der Waals surface area contributed by atoms with Crippen molar-refractivity contribution in [3.63, 3.8) is 0 Å². The largest absolute Gasteiger partial charge is 0.492 e. The highest BCUT2D eigenvalue weighted by Gasteiger charge is 2.09. The zero-order valence-corrected chi connectivity index (χ0v) is 13.2. The van der Waals surface area contributed by atoms with Crippen LogP contribution >= 0.6 is 0 Å². The molecular formula is C21H17NO2. The second-order valence-corrected chi connectivity index (χ2v) is 5.72. The number of nitrogens with zero attached hydrogens (tertiary/aromatic N) is 1. The van der Waals surface area contributed by atoms with E-state index in [-0.39, 0.29) is 0 Å². The molecule has 1 aromatic heterocycles. The molecule has 0 spiro atoms. The fourth-order valence-electron chi connectivity index (χ4n) is 3.14. The molecular weight excluding hydrogens is 298 g/mol. The Morgan fingerprint density at radius 1 is 0.792 bits per heavy atom. The van der Waals surface area contributed by atoms with Crippen LogP contribution in [0.1, 0.15) is 10.4 Å².